The normalized spacial score (nSPS) is 14.0. The molecule has 0 aromatic heterocycles. The summed E-state index contributed by atoms with van der Waals surface area (Å²) in [5.41, 5.74) is 0. The molecular formula is C6H10F5NOSi. The number of halogens is 5. The van der Waals surface area contributed by atoms with Gasteiger partial charge < -0.3 is 4.98 Å². The summed E-state index contributed by atoms with van der Waals surface area (Å²) in [7, 11) is -2.49. The van der Waals surface area contributed by atoms with Crippen LogP contribution in [0, 0.1) is 0 Å². The Labute approximate surface area is 78.6 Å². The molecule has 0 aliphatic carbocycles. The second kappa shape index (κ2) is 3.48. The molecule has 0 saturated heterocycles. The fourth-order valence-corrected chi connectivity index (χ4v) is 1.39. The lowest BCUT2D eigenvalue weighted by Gasteiger charge is -2.24. The standard InChI is InChI=1S/C6H10F5NOSi/c1-14(2,3)12-4(13)5(7,8)6(9,10)11/h1-3H3,(H,12,13). The molecule has 0 rings (SSSR count). The highest BCUT2D eigenvalue weighted by Gasteiger charge is 2.63. The van der Waals surface area contributed by atoms with E-state index in [9.17, 15) is 26.7 Å². The smallest absolute Gasteiger partial charge is 0.377 e. The van der Waals surface area contributed by atoms with Crippen LogP contribution in [0.5, 0.6) is 0 Å². The lowest BCUT2D eigenvalue weighted by molar-refractivity contribution is -0.269. The SMILES string of the molecule is C[Si](C)(C)NC(=O)C(F)(F)C(F)(F)F. The van der Waals surface area contributed by atoms with E-state index in [2.05, 4.69) is 0 Å². The maximum absolute atomic E-state index is 12.3. The Morgan fingerprint density at radius 2 is 1.43 bits per heavy atom. The molecule has 0 aromatic carbocycles. The highest BCUT2D eigenvalue weighted by Crippen LogP contribution is 2.35. The van der Waals surface area contributed by atoms with Crippen molar-refractivity contribution in [1.29, 1.82) is 0 Å². The number of amides is 1. The lowest BCUT2D eigenvalue weighted by Crippen LogP contribution is -2.57. The van der Waals surface area contributed by atoms with E-state index in [0.29, 0.717) is 0 Å². The molecule has 0 aliphatic heterocycles. The zero-order valence-corrected chi connectivity index (χ0v) is 8.80. The Bertz CT molecular complexity index is 231. The predicted octanol–water partition coefficient (Wildman–Crippen LogP) is 2.14. The molecular weight excluding hydrogens is 225 g/mol. The Morgan fingerprint density at radius 3 is 1.64 bits per heavy atom. The van der Waals surface area contributed by atoms with Crippen molar-refractivity contribution in [2.45, 2.75) is 31.7 Å². The average molecular weight is 235 g/mol. The summed E-state index contributed by atoms with van der Waals surface area (Å²) in [6, 6.07) is 0. The molecule has 84 valence electrons. The first-order valence-electron chi connectivity index (χ1n) is 3.65. The number of alkyl halides is 5. The average Bonchev–Trinajstić information content (AvgIpc) is 1.80. The zero-order valence-electron chi connectivity index (χ0n) is 7.80. The third-order valence-electron chi connectivity index (χ3n) is 1.13. The van der Waals surface area contributed by atoms with Gasteiger partial charge in [-0.1, -0.05) is 19.6 Å². The van der Waals surface area contributed by atoms with Crippen LogP contribution in [0.1, 0.15) is 0 Å². The van der Waals surface area contributed by atoms with Gasteiger partial charge in [0.25, 0.3) is 5.91 Å². The quantitative estimate of drug-likeness (QED) is 0.576. The molecule has 0 aromatic rings. The van der Waals surface area contributed by atoms with Gasteiger partial charge in [-0.05, 0) is 0 Å². The highest BCUT2D eigenvalue weighted by atomic mass is 28.3. The number of nitrogens with one attached hydrogen (secondary N) is 1. The van der Waals surface area contributed by atoms with Crippen LogP contribution in [0.25, 0.3) is 0 Å². The Kier molecular flexibility index (Phi) is 3.32. The van der Waals surface area contributed by atoms with E-state index in [-0.39, 0.29) is 0 Å². The molecule has 0 saturated carbocycles. The minimum Gasteiger partial charge on any atom is -0.377 e. The van der Waals surface area contributed by atoms with E-state index in [1.165, 1.54) is 19.6 Å². The molecule has 0 unspecified atom stereocenters. The summed E-state index contributed by atoms with van der Waals surface area (Å²) in [5, 5.41) is 0. The molecule has 0 bridgehead atoms. The maximum atomic E-state index is 12.3. The summed E-state index contributed by atoms with van der Waals surface area (Å²) in [5.74, 6) is -7.59. The first kappa shape index (κ1) is 13.3. The van der Waals surface area contributed by atoms with Crippen LogP contribution >= 0.6 is 0 Å². The van der Waals surface area contributed by atoms with Crippen molar-refractivity contribution in [3.63, 3.8) is 0 Å². The molecule has 14 heavy (non-hydrogen) atoms. The van der Waals surface area contributed by atoms with Crippen LogP contribution in [-0.4, -0.2) is 26.2 Å². The molecule has 0 aliphatic rings. The van der Waals surface area contributed by atoms with Gasteiger partial charge in [0.2, 0.25) is 0 Å². The fourth-order valence-electron chi connectivity index (χ4n) is 0.548. The van der Waals surface area contributed by atoms with Gasteiger partial charge in [0.05, 0.1) is 0 Å². The van der Waals surface area contributed by atoms with Gasteiger partial charge in [0.15, 0.2) is 0 Å². The largest absolute Gasteiger partial charge is 0.463 e. The van der Waals surface area contributed by atoms with Gasteiger partial charge in [-0.15, -0.1) is 0 Å². The lowest BCUT2D eigenvalue weighted by atomic mass is 10.3. The van der Waals surface area contributed by atoms with Gasteiger partial charge in [0.1, 0.15) is 8.24 Å². The van der Waals surface area contributed by atoms with Crippen molar-refractivity contribution in [1.82, 2.24) is 4.98 Å². The Morgan fingerprint density at radius 1 is 1.07 bits per heavy atom. The summed E-state index contributed by atoms with van der Waals surface area (Å²) in [6.45, 7) is 4.33. The van der Waals surface area contributed by atoms with Crippen molar-refractivity contribution in [2.24, 2.45) is 0 Å². The van der Waals surface area contributed by atoms with E-state index in [1.54, 1.807) is 4.98 Å². The molecule has 0 heterocycles. The van der Waals surface area contributed by atoms with Gasteiger partial charge in [-0.25, -0.2) is 0 Å². The zero-order chi connectivity index (χ0) is 11.8. The molecule has 2 nitrogen and oxygen atoms in total. The minimum atomic E-state index is -5.84. The first-order valence-corrected chi connectivity index (χ1v) is 7.15. The minimum absolute atomic E-state index is 1.44. The molecule has 1 amide bonds. The topological polar surface area (TPSA) is 29.1 Å². The first-order chi connectivity index (χ1) is 5.88. The van der Waals surface area contributed by atoms with Crippen LogP contribution in [0.15, 0.2) is 0 Å². The Balaban J connectivity index is 4.70. The highest BCUT2D eigenvalue weighted by molar-refractivity contribution is 6.75. The summed E-state index contributed by atoms with van der Waals surface area (Å²) >= 11 is 0. The van der Waals surface area contributed by atoms with Crippen molar-refractivity contribution in [3.05, 3.63) is 0 Å². The second-order valence-corrected chi connectivity index (χ2v) is 8.53. The monoisotopic (exact) mass is 235 g/mol. The van der Waals surface area contributed by atoms with E-state index < -0.39 is 26.2 Å². The number of hydrogen-bond acceptors (Lipinski definition) is 1. The van der Waals surface area contributed by atoms with E-state index in [1.807, 2.05) is 0 Å². The summed E-state index contributed by atoms with van der Waals surface area (Å²) < 4.78 is 59.7. The van der Waals surface area contributed by atoms with Crippen molar-refractivity contribution >= 4 is 14.1 Å². The molecule has 0 radical (unpaired) electrons. The molecule has 0 spiro atoms. The number of carbonyl (C=O) groups excluding carboxylic acids is 1. The maximum Gasteiger partial charge on any atom is 0.463 e. The van der Waals surface area contributed by atoms with Crippen LogP contribution in [0.3, 0.4) is 0 Å². The van der Waals surface area contributed by atoms with E-state index in [0.717, 1.165) is 0 Å². The van der Waals surface area contributed by atoms with Crippen LogP contribution in [-0.2, 0) is 4.79 Å². The van der Waals surface area contributed by atoms with E-state index >= 15 is 0 Å². The predicted molar refractivity (Wildman–Crippen MR) is 42.5 cm³/mol. The molecule has 8 heteroatoms. The number of rotatable bonds is 2. The number of carbonyl (C=O) groups is 1. The summed E-state index contributed by atoms with van der Waals surface area (Å²) in [4.78, 5) is 12.3. The second-order valence-electron chi connectivity index (χ2n) is 3.78. The third kappa shape index (κ3) is 3.24. The van der Waals surface area contributed by atoms with Crippen LogP contribution in [0.2, 0.25) is 19.6 Å². The van der Waals surface area contributed by atoms with Crippen molar-refractivity contribution < 1.29 is 26.7 Å². The van der Waals surface area contributed by atoms with Crippen LogP contribution in [0.4, 0.5) is 22.0 Å². The molecule has 0 atom stereocenters. The van der Waals surface area contributed by atoms with Gasteiger partial charge in [-0.2, -0.15) is 22.0 Å². The number of hydrogen-bond donors (Lipinski definition) is 1. The fraction of sp³-hybridized carbons (Fsp3) is 0.833. The Hall–Kier alpha value is -0.663. The van der Waals surface area contributed by atoms with Gasteiger partial charge in [-0.3, -0.25) is 4.79 Å². The van der Waals surface area contributed by atoms with Crippen molar-refractivity contribution in [2.75, 3.05) is 0 Å². The van der Waals surface area contributed by atoms with Crippen LogP contribution < -0.4 is 4.98 Å². The summed E-state index contributed by atoms with van der Waals surface area (Å²) in [6.07, 6.45) is -5.84. The molecule has 1 N–H and O–H groups in total. The van der Waals surface area contributed by atoms with Gasteiger partial charge in [0, 0.05) is 0 Å². The molecule has 0 fully saturated rings. The van der Waals surface area contributed by atoms with Crippen molar-refractivity contribution in [3.8, 4) is 0 Å². The third-order valence-corrected chi connectivity index (χ3v) is 2.11. The van der Waals surface area contributed by atoms with E-state index in [4.69, 9.17) is 0 Å². The van der Waals surface area contributed by atoms with Gasteiger partial charge >= 0.3 is 12.1 Å².